The van der Waals surface area contributed by atoms with Crippen molar-refractivity contribution < 1.29 is 13.2 Å². The lowest BCUT2D eigenvalue weighted by molar-refractivity contribution is 0.306. The summed E-state index contributed by atoms with van der Waals surface area (Å²) in [5.41, 5.74) is 6.01. The molecule has 0 spiro atoms. The summed E-state index contributed by atoms with van der Waals surface area (Å²) in [5.74, 6) is 0.453. The van der Waals surface area contributed by atoms with Crippen LogP contribution in [0.5, 0.6) is 5.75 Å². The van der Waals surface area contributed by atoms with E-state index in [-0.39, 0.29) is 10.6 Å². The smallest absolute Gasteiger partial charge is 0.177 e. The third-order valence-electron chi connectivity index (χ3n) is 2.68. The molecule has 0 aliphatic rings. The van der Waals surface area contributed by atoms with Crippen molar-refractivity contribution in [2.24, 2.45) is 0 Å². The van der Waals surface area contributed by atoms with Crippen LogP contribution in [0.2, 0.25) is 0 Å². The number of para-hydroxylation sites is 1. The van der Waals surface area contributed by atoms with Crippen molar-refractivity contribution in [2.75, 3.05) is 18.6 Å². The summed E-state index contributed by atoms with van der Waals surface area (Å²) >= 11 is 0. The van der Waals surface area contributed by atoms with Crippen LogP contribution in [-0.4, -0.2) is 21.3 Å². The maximum absolute atomic E-state index is 11.5. The number of nitrogens with two attached hydrogens (primary N) is 1. The summed E-state index contributed by atoms with van der Waals surface area (Å²) < 4.78 is 28.5. The van der Waals surface area contributed by atoms with Crippen LogP contribution in [0.1, 0.15) is 32.6 Å². The van der Waals surface area contributed by atoms with Crippen LogP contribution in [0.25, 0.3) is 0 Å². The highest BCUT2D eigenvalue weighted by molar-refractivity contribution is 7.90. The van der Waals surface area contributed by atoms with Gasteiger partial charge in [-0.05, 0) is 18.6 Å². The van der Waals surface area contributed by atoms with Crippen molar-refractivity contribution in [3.05, 3.63) is 18.2 Å². The molecule has 0 saturated carbocycles. The molecule has 0 unspecified atom stereocenters. The third kappa shape index (κ3) is 4.22. The van der Waals surface area contributed by atoms with Crippen LogP contribution >= 0.6 is 0 Å². The highest BCUT2D eigenvalue weighted by Gasteiger charge is 2.14. The van der Waals surface area contributed by atoms with Gasteiger partial charge in [-0.3, -0.25) is 0 Å². The number of hydrogen-bond donors (Lipinski definition) is 1. The number of unbranched alkanes of at least 4 members (excludes halogenated alkanes) is 3. The number of benzene rings is 1. The Hall–Kier alpha value is -1.23. The Kier molecular flexibility index (Phi) is 5.47. The number of anilines is 1. The van der Waals surface area contributed by atoms with Gasteiger partial charge >= 0.3 is 0 Å². The molecule has 0 fully saturated rings. The van der Waals surface area contributed by atoms with Crippen molar-refractivity contribution in [3.8, 4) is 5.75 Å². The van der Waals surface area contributed by atoms with Gasteiger partial charge in [-0.2, -0.15) is 0 Å². The third-order valence-corrected chi connectivity index (χ3v) is 3.84. The molecule has 0 bridgehead atoms. The molecule has 0 saturated heterocycles. The molecular weight excluding hydrogens is 250 g/mol. The van der Waals surface area contributed by atoms with Crippen LogP contribution in [0.3, 0.4) is 0 Å². The molecule has 102 valence electrons. The predicted molar refractivity (Wildman–Crippen MR) is 73.6 cm³/mol. The zero-order valence-corrected chi connectivity index (χ0v) is 11.8. The quantitative estimate of drug-likeness (QED) is 0.611. The van der Waals surface area contributed by atoms with Gasteiger partial charge in [-0.1, -0.05) is 32.3 Å². The molecule has 0 aliphatic carbocycles. The minimum Gasteiger partial charge on any atom is -0.491 e. The topological polar surface area (TPSA) is 69.4 Å². The lowest BCUT2D eigenvalue weighted by atomic mass is 10.2. The second-order valence-corrected chi connectivity index (χ2v) is 6.33. The van der Waals surface area contributed by atoms with Gasteiger partial charge in [0.2, 0.25) is 0 Å². The summed E-state index contributed by atoms with van der Waals surface area (Å²) in [6, 6.07) is 4.84. The van der Waals surface area contributed by atoms with Crippen molar-refractivity contribution in [2.45, 2.75) is 37.5 Å². The first-order chi connectivity index (χ1) is 8.46. The maximum Gasteiger partial charge on any atom is 0.177 e. The molecular formula is C13H21NO3S. The first kappa shape index (κ1) is 14.8. The molecule has 0 heterocycles. The Labute approximate surface area is 109 Å². The summed E-state index contributed by atoms with van der Waals surface area (Å²) in [6.07, 6.45) is 5.57. The van der Waals surface area contributed by atoms with Gasteiger partial charge in [0.05, 0.1) is 17.2 Å². The number of rotatable bonds is 7. The van der Waals surface area contributed by atoms with E-state index >= 15 is 0 Å². The highest BCUT2D eigenvalue weighted by Crippen LogP contribution is 2.28. The standard InChI is InChI=1S/C13H21NO3S/c1-3-4-5-6-10-17-11-8-7-9-12(13(11)14)18(2,15)16/h7-9H,3-6,10,14H2,1-2H3. The maximum atomic E-state index is 11.5. The second kappa shape index (κ2) is 6.64. The van der Waals surface area contributed by atoms with Crippen LogP contribution in [0.4, 0.5) is 5.69 Å². The minimum absolute atomic E-state index is 0.133. The zero-order chi connectivity index (χ0) is 13.6. The van der Waals surface area contributed by atoms with Gasteiger partial charge in [0, 0.05) is 6.26 Å². The molecule has 0 aliphatic heterocycles. The molecule has 18 heavy (non-hydrogen) atoms. The van der Waals surface area contributed by atoms with E-state index in [9.17, 15) is 8.42 Å². The summed E-state index contributed by atoms with van der Waals surface area (Å²) in [7, 11) is -3.30. The van der Waals surface area contributed by atoms with Crippen LogP contribution in [-0.2, 0) is 9.84 Å². The lowest BCUT2D eigenvalue weighted by Crippen LogP contribution is -2.06. The van der Waals surface area contributed by atoms with Crippen LogP contribution in [0.15, 0.2) is 23.1 Å². The largest absolute Gasteiger partial charge is 0.491 e. The van der Waals surface area contributed by atoms with E-state index in [1.54, 1.807) is 12.1 Å². The fourth-order valence-electron chi connectivity index (χ4n) is 1.68. The van der Waals surface area contributed by atoms with E-state index in [2.05, 4.69) is 6.92 Å². The Balaban J connectivity index is 2.67. The molecule has 4 nitrogen and oxygen atoms in total. The molecule has 1 rings (SSSR count). The van der Waals surface area contributed by atoms with Crippen molar-refractivity contribution in [3.63, 3.8) is 0 Å². The van der Waals surface area contributed by atoms with E-state index in [0.717, 1.165) is 19.1 Å². The molecule has 0 aromatic heterocycles. The number of hydrogen-bond acceptors (Lipinski definition) is 4. The molecule has 0 amide bonds. The molecule has 5 heteroatoms. The van der Waals surface area contributed by atoms with E-state index in [1.807, 2.05) is 0 Å². The first-order valence-corrected chi connectivity index (χ1v) is 8.07. The van der Waals surface area contributed by atoms with Crippen molar-refractivity contribution >= 4 is 15.5 Å². The monoisotopic (exact) mass is 271 g/mol. The number of nitrogen functional groups attached to an aromatic ring is 1. The van der Waals surface area contributed by atoms with Gasteiger partial charge in [0.15, 0.2) is 9.84 Å². The van der Waals surface area contributed by atoms with Crippen molar-refractivity contribution in [1.29, 1.82) is 0 Å². The Morgan fingerprint density at radius 2 is 1.94 bits per heavy atom. The lowest BCUT2D eigenvalue weighted by Gasteiger charge is -2.11. The highest BCUT2D eigenvalue weighted by atomic mass is 32.2. The molecule has 1 aromatic carbocycles. The Bertz CT molecular complexity index is 483. The first-order valence-electron chi connectivity index (χ1n) is 6.18. The van der Waals surface area contributed by atoms with Gasteiger partial charge in [0.1, 0.15) is 5.75 Å². The van der Waals surface area contributed by atoms with Crippen LogP contribution in [0, 0.1) is 0 Å². The zero-order valence-electron chi connectivity index (χ0n) is 11.0. The number of ether oxygens (including phenoxy) is 1. The molecule has 2 N–H and O–H groups in total. The Morgan fingerprint density at radius 3 is 2.56 bits per heavy atom. The fraction of sp³-hybridized carbons (Fsp3) is 0.538. The minimum atomic E-state index is -3.30. The van der Waals surface area contributed by atoms with Crippen LogP contribution < -0.4 is 10.5 Å². The predicted octanol–water partition coefficient (Wildman–Crippen LogP) is 2.63. The van der Waals surface area contributed by atoms with E-state index < -0.39 is 9.84 Å². The average molecular weight is 271 g/mol. The summed E-state index contributed by atoms with van der Waals surface area (Å²) in [6.45, 7) is 2.71. The number of sulfone groups is 1. The molecule has 1 aromatic rings. The van der Waals surface area contributed by atoms with Gasteiger partial charge in [-0.15, -0.1) is 0 Å². The summed E-state index contributed by atoms with van der Waals surface area (Å²) in [4.78, 5) is 0.133. The average Bonchev–Trinajstić information content (AvgIpc) is 2.29. The van der Waals surface area contributed by atoms with Gasteiger partial charge in [-0.25, -0.2) is 8.42 Å². The second-order valence-electron chi connectivity index (χ2n) is 4.35. The molecule has 0 atom stereocenters. The van der Waals surface area contributed by atoms with E-state index in [1.165, 1.54) is 18.9 Å². The van der Waals surface area contributed by atoms with Crippen molar-refractivity contribution in [1.82, 2.24) is 0 Å². The summed E-state index contributed by atoms with van der Waals surface area (Å²) in [5, 5.41) is 0. The van der Waals surface area contributed by atoms with Gasteiger partial charge < -0.3 is 10.5 Å². The van der Waals surface area contributed by atoms with E-state index in [0.29, 0.717) is 12.4 Å². The van der Waals surface area contributed by atoms with Gasteiger partial charge in [0.25, 0.3) is 0 Å². The Morgan fingerprint density at radius 1 is 1.22 bits per heavy atom. The fourth-order valence-corrected chi connectivity index (χ4v) is 2.51. The van der Waals surface area contributed by atoms with E-state index in [4.69, 9.17) is 10.5 Å². The molecule has 0 radical (unpaired) electrons. The SMILES string of the molecule is CCCCCCOc1cccc(S(C)(=O)=O)c1N. The normalized spacial score (nSPS) is 11.4.